The molecule has 7 heteroatoms. The molecule has 2 aromatic rings. The first-order valence-corrected chi connectivity index (χ1v) is 9.63. The number of rotatable bonds is 9. The number of nitriles is 1. The van der Waals surface area contributed by atoms with Gasteiger partial charge in [0.2, 0.25) is 0 Å². The minimum absolute atomic E-state index is 0.159. The average molecular weight is 409 g/mol. The number of hydrogen-bond donors (Lipinski definition) is 1. The Balaban J connectivity index is 1.97. The van der Waals surface area contributed by atoms with Crippen molar-refractivity contribution < 1.29 is 19.1 Å². The van der Waals surface area contributed by atoms with Crippen molar-refractivity contribution in [2.45, 2.75) is 33.9 Å². The molecule has 158 valence electrons. The van der Waals surface area contributed by atoms with Crippen LogP contribution in [0.4, 0.5) is 0 Å². The van der Waals surface area contributed by atoms with E-state index in [0.717, 1.165) is 28.1 Å². The molecule has 0 aliphatic carbocycles. The maximum atomic E-state index is 12.3. The van der Waals surface area contributed by atoms with Crippen molar-refractivity contribution in [2.24, 2.45) is 0 Å². The van der Waals surface area contributed by atoms with Crippen molar-refractivity contribution in [3.63, 3.8) is 0 Å². The molecule has 0 atom stereocenters. The van der Waals surface area contributed by atoms with E-state index in [0.29, 0.717) is 19.7 Å². The Morgan fingerprint density at radius 3 is 2.63 bits per heavy atom. The van der Waals surface area contributed by atoms with Crippen LogP contribution in [0.3, 0.4) is 0 Å². The lowest BCUT2D eigenvalue weighted by Gasteiger charge is -2.09. The highest BCUT2D eigenvalue weighted by atomic mass is 16.5. The summed E-state index contributed by atoms with van der Waals surface area (Å²) in [5, 5.41) is 12.1. The zero-order chi connectivity index (χ0) is 22.1. The van der Waals surface area contributed by atoms with Crippen molar-refractivity contribution >= 4 is 18.0 Å². The number of aromatic nitrogens is 1. The van der Waals surface area contributed by atoms with Crippen LogP contribution in [0, 0.1) is 32.1 Å². The molecule has 30 heavy (non-hydrogen) atoms. The van der Waals surface area contributed by atoms with Crippen LogP contribution in [0.5, 0.6) is 0 Å². The van der Waals surface area contributed by atoms with Crippen molar-refractivity contribution in [3.8, 4) is 6.07 Å². The molecule has 0 fully saturated rings. The molecule has 0 spiro atoms. The number of ether oxygens (including phenoxy) is 2. The van der Waals surface area contributed by atoms with E-state index in [1.165, 1.54) is 6.08 Å². The lowest BCUT2D eigenvalue weighted by molar-refractivity contribution is -0.144. The van der Waals surface area contributed by atoms with E-state index < -0.39 is 18.5 Å². The van der Waals surface area contributed by atoms with Gasteiger partial charge in [0.05, 0.1) is 6.61 Å². The molecule has 1 amide bonds. The Bertz CT molecular complexity index is 983. The van der Waals surface area contributed by atoms with E-state index in [1.807, 2.05) is 57.2 Å². The fraction of sp³-hybridized carbons (Fsp3) is 0.348. The first kappa shape index (κ1) is 22.9. The Labute approximate surface area is 176 Å². The van der Waals surface area contributed by atoms with Gasteiger partial charge in [-0.2, -0.15) is 5.26 Å². The summed E-state index contributed by atoms with van der Waals surface area (Å²) >= 11 is 0. The zero-order valence-corrected chi connectivity index (χ0v) is 17.8. The lowest BCUT2D eigenvalue weighted by atomic mass is 10.1. The lowest BCUT2D eigenvalue weighted by Crippen LogP contribution is -2.28. The number of carbonyl (C=O) groups is 2. The first-order chi connectivity index (χ1) is 14.4. The number of nitrogens with zero attached hydrogens (tertiary/aromatic N) is 2. The number of amides is 1. The van der Waals surface area contributed by atoms with Crippen LogP contribution < -0.4 is 5.32 Å². The Kier molecular flexibility index (Phi) is 8.39. The van der Waals surface area contributed by atoms with Gasteiger partial charge in [-0.1, -0.05) is 24.3 Å². The van der Waals surface area contributed by atoms with E-state index in [2.05, 4.69) is 9.88 Å². The number of hydrogen-bond acceptors (Lipinski definition) is 5. The molecule has 1 N–H and O–H groups in total. The van der Waals surface area contributed by atoms with Crippen LogP contribution in [0.1, 0.15) is 28.1 Å². The number of aryl methyl sites for hydroxylation is 2. The number of methoxy groups -OCH3 is 1. The highest BCUT2D eigenvalue weighted by Gasteiger charge is 2.15. The van der Waals surface area contributed by atoms with Crippen LogP contribution in [-0.4, -0.2) is 36.8 Å². The molecular formula is C23H27N3O4. The molecule has 0 bridgehead atoms. The van der Waals surface area contributed by atoms with Crippen LogP contribution in [0.25, 0.3) is 6.08 Å². The van der Waals surface area contributed by atoms with Crippen molar-refractivity contribution in [1.82, 2.24) is 9.88 Å². The summed E-state index contributed by atoms with van der Waals surface area (Å²) in [5.41, 5.74) is 4.55. The smallest absolute Gasteiger partial charge is 0.349 e. The predicted octanol–water partition coefficient (Wildman–Crippen LogP) is 2.83. The summed E-state index contributed by atoms with van der Waals surface area (Å²) in [6, 6.07) is 11.4. The van der Waals surface area contributed by atoms with E-state index in [4.69, 9.17) is 9.47 Å². The second-order valence-electron chi connectivity index (χ2n) is 6.92. The number of benzene rings is 1. The normalized spacial score (nSPS) is 11.1. The van der Waals surface area contributed by atoms with Crippen LogP contribution in [0.15, 0.2) is 35.9 Å². The van der Waals surface area contributed by atoms with Gasteiger partial charge >= 0.3 is 5.97 Å². The Hall–Kier alpha value is -3.37. The topological polar surface area (TPSA) is 93.3 Å². The minimum atomic E-state index is -0.828. The van der Waals surface area contributed by atoms with Crippen molar-refractivity contribution in [1.29, 1.82) is 5.26 Å². The van der Waals surface area contributed by atoms with Crippen LogP contribution in [0.2, 0.25) is 0 Å². The van der Waals surface area contributed by atoms with E-state index in [9.17, 15) is 14.9 Å². The highest BCUT2D eigenvalue weighted by molar-refractivity contribution is 5.99. The maximum absolute atomic E-state index is 12.3. The molecule has 0 radical (unpaired) electrons. The third kappa shape index (κ3) is 6.06. The van der Waals surface area contributed by atoms with Gasteiger partial charge < -0.3 is 19.4 Å². The van der Waals surface area contributed by atoms with Gasteiger partial charge in [0.25, 0.3) is 5.91 Å². The molecule has 0 aliphatic heterocycles. The van der Waals surface area contributed by atoms with Crippen LogP contribution in [-0.2, 0) is 32.2 Å². The van der Waals surface area contributed by atoms with Gasteiger partial charge in [-0.3, -0.25) is 4.79 Å². The summed E-state index contributed by atoms with van der Waals surface area (Å²) in [6.45, 7) is 6.95. The second kappa shape index (κ2) is 11.0. The largest absolute Gasteiger partial charge is 0.451 e. The third-order valence-corrected chi connectivity index (χ3v) is 4.84. The van der Waals surface area contributed by atoms with Crippen molar-refractivity contribution in [3.05, 3.63) is 64.0 Å². The summed E-state index contributed by atoms with van der Waals surface area (Å²) in [5.74, 6) is -1.26. The summed E-state index contributed by atoms with van der Waals surface area (Å²) < 4.78 is 12.2. The predicted molar refractivity (Wildman–Crippen MR) is 113 cm³/mol. The quantitative estimate of drug-likeness (QED) is 0.390. The van der Waals surface area contributed by atoms with Gasteiger partial charge in [-0.05, 0) is 49.6 Å². The molecule has 7 nitrogen and oxygen atoms in total. The molecule has 0 saturated heterocycles. The first-order valence-electron chi connectivity index (χ1n) is 9.63. The van der Waals surface area contributed by atoms with Crippen LogP contribution >= 0.6 is 0 Å². The second-order valence-corrected chi connectivity index (χ2v) is 6.92. The molecule has 2 rings (SSSR count). The number of nitrogens with one attached hydrogen (secondary N) is 1. The van der Waals surface area contributed by atoms with E-state index in [-0.39, 0.29) is 5.57 Å². The summed E-state index contributed by atoms with van der Waals surface area (Å²) in [7, 11) is 1.63. The van der Waals surface area contributed by atoms with Gasteiger partial charge in [0.15, 0.2) is 6.61 Å². The van der Waals surface area contributed by atoms with E-state index >= 15 is 0 Å². The molecule has 0 saturated carbocycles. The fourth-order valence-corrected chi connectivity index (χ4v) is 3.05. The van der Waals surface area contributed by atoms with Gasteiger partial charge in [0, 0.05) is 31.6 Å². The summed E-state index contributed by atoms with van der Waals surface area (Å²) in [6.07, 6.45) is 1.49. The highest BCUT2D eigenvalue weighted by Crippen LogP contribution is 2.18. The maximum Gasteiger partial charge on any atom is 0.349 e. The SMILES string of the molecule is COCCn1c(C)cc(/C=C(\C#N)C(=O)OCC(=O)NCc2ccccc2C)c1C. The zero-order valence-electron chi connectivity index (χ0n) is 17.8. The van der Waals surface area contributed by atoms with E-state index in [1.54, 1.807) is 7.11 Å². The van der Waals surface area contributed by atoms with Crippen molar-refractivity contribution in [2.75, 3.05) is 20.3 Å². The Morgan fingerprint density at radius 1 is 1.23 bits per heavy atom. The number of esters is 1. The third-order valence-electron chi connectivity index (χ3n) is 4.84. The molecule has 0 unspecified atom stereocenters. The minimum Gasteiger partial charge on any atom is -0.451 e. The molecule has 0 aliphatic rings. The molecular weight excluding hydrogens is 382 g/mol. The fourth-order valence-electron chi connectivity index (χ4n) is 3.05. The Morgan fingerprint density at radius 2 is 1.97 bits per heavy atom. The van der Waals surface area contributed by atoms with Gasteiger partial charge in [-0.15, -0.1) is 0 Å². The molecule has 1 aromatic heterocycles. The molecule has 1 aromatic carbocycles. The number of carbonyl (C=O) groups excluding carboxylic acids is 2. The van der Waals surface area contributed by atoms with Gasteiger partial charge in [0.1, 0.15) is 11.6 Å². The monoisotopic (exact) mass is 409 g/mol. The average Bonchev–Trinajstić information content (AvgIpc) is 3.00. The standard InChI is InChI=1S/C23H27N3O4/c1-16-7-5-6-8-19(16)14-25-22(27)15-30-23(28)21(13-24)12-20-11-17(2)26(18(20)3)9-10-29-4/h5-8,11-12H,9-10,14-15H2,1-4H3,(H,25,27)/b21-12+. The summed E-state index contributed by atoms with van der Waals surface area (Å²) in [4.78, 5) is 24.3. The van der Waals surface area contributed by atoms with Gasteiger partial charge in [-0.25, -0.2) is 4.79 Å². The molecule has 1 heterocycles.